The summed E-state index contributed by atoms with van der Waals surface area (Å²) >= 11 is 0. The Balaban J connectivity index is 0.000000299. The molecule has 0 aliphatic carbocycles. The molecule has 1 heterocycles. The molecule has 6 aromatic rings. The highest BCUT2D eigenvalue weighted by molar-refractivity contribution is 6.57. The van der Waals surface area contributed by atoms with Crippen molar-refractivity contribution in [3.05, 3.63) is 181 Å². The Kier molecular flexibility index (Phi) is 14.8. The van der Waals surface area contributed by atoms with Gasteiger partial charge in [0.15, 0.2) is 0 Å². The van der Waals surface area contributed by atoms with Gasteiger partial charge in [-0.3, -0.25) is 0 Å². The Bertz CT molecular complexity index is 1720. The SMILES string of the molecule is BC(c1ccccc1)c1ccccc1.CCCCCOc1cccc(C([SiH2]c2ccccc2)(c2cccc(OCCCCC)c2)n2ccnc2)c1. The van der Waals surface area contributed by atoms with Gasteiger partial charge < -0.3 is 14.0 Å². The fraction of sp³-hybridized carbons (Fsp3) is 0.267. The molecule has 0 amide bonds. The number of hydrogen-bond donors (Lipinski definition) is 0. The minimum Gasteiger partial charge on any atom is -0.494 e. The van der Waals surface area contributed by atoms with Crippen LogP contribution in [0.4, 0.5) is 0 Å². The van der Waals surface area contributed by atoms with Crippen LogP contribution in [-0.4, -0.2) is 40.1 Å². The molecule has 0 aliphatic rings. The second-order valence-electron chi connectivity index (χ2n) is 13.2. The molecule has 1 aromatic heterocycles. The van der Waals surface area contributed by atoms with Crippen LogP contribution in [0.5, 0.6) is 11.5 Å². The Labute approximate surface area is 309 Å². The van der Waals surface area contributed by atoms with Crippen LogP contribution in [0.1, 0.15) is 80.4 Å². The second kappa shape index (κ2) is 20.1. The molecule has 0 radical (unpaired) electrons. The number of unbranched alkanes of at least 4 members (excludes halogenated alkanes) is 4. The first kappa shape index (κ1) is 37.4. The summed E-state index contributed by atoms with van der Waals surface area (Å²) in [5.41, 5.74) is 5.19. The lowest BCUT2D eigenvalue weighted by atomic mass is 9.76. The zero-order valence-electron chi connectivity index (χ0n) is 30.7. The minimum absolute atomic E-state index is 0.385. The highest BCUT2D eigenvalue weighted by Crippen LogP contribution is 2.36. The highest BCUT2D eigenvalue weighted by Gasteiger charge is 2.37. The molecule has 0 saturated carbocycles. The third kappa shape index (κ3) is 10.6. The average Bonchev–Trinajstić information content (AvgIpc) is 3.74. The van der Waals surface area contributed by atoms with Crippen molar-refractivity contribution in [2.45, 2.75) is 63.4 Å². The molecule has 6 heteroatoms. The van der Waals surface area contributed by atoms with E-state index in [0.29, 0.717) is 5.82 Å². The van der Waals surface area contributed by atoms with Gasteiger partial charge in [-0.2, -0.15) is 0 Å². The number of ether oxygens (including phenoxy) is 2. The van der Waals surface area contributed by atoms with Crippen molar-refractivity contribution in [3.8, 4) is 11.5 Å². The summed E-state index contributed by atoms with van der Waals surface area (Å²) in [7, 11) is 1.30. The number of rotatable bonds is 17. The molecule has 0 N–H and O–H groups in total. The average molecular weight is 693 g/mol. The monoisotopic (exact) mass is 692 g/mol. The predicted octanol–water partition coefficient (Wildman–Crippen LogP) is 8.67. The van der Waals surface area contributed by atoms with E-state index in [1.54, 1.807) is 0 Å². The molecule has 0 aliphatic heterocycles. The van der Waals surface area contributed by atoms with Gasteiger partial charge in [-0.1, -0.05) is 160 Å². The van der Waals surface area contributed by atoms with Crippen molar-refractivity contribution >= 4 is 22.6 Å². The van der Waals surface area contributed by atoms with E-state index in [-0.39, 0.29) is 5.16 Å². The van der Waals surface area contributed by atoms with Crippen LogP contribution >= 0.6 is 0 Å². The van der Waals surface area contributed by atoms with Gasteiger partial charge >= 0.3 is 0 Å². The van der Waals surface area contributed by atoms with Crippen LogP contribution in [0.25, 0.3) is 0 Å². The number of aromatic nitrogens is 2. The predicted molar refractivity (Wildman–Crippen MR) is 219 cm³/mol. The van der Waals surface area contributed by atoms with Gasteiger partial charge in [0.25, 0.3) is 0 Å². The van der Waals surface area contributed by atoms with Crippen LogP contribution in [0.2, 0.25) is 0 Å². The van der Waals surface area contributed by atoms with Crippen LogP contribution in [0, 0.1) is 0 Å². The van der Waals surface area contributed by atoms with E-state index in [1.165, 1.54) is 53.1 Å². The van der Waals surface area contributed by atoms with Crippen molar-refractivity contribution in [1.82, 2.24) is 9.55 Å². The lowest BCUT2D eigenvalue weighted by molar-refractivity contribution is 0.305. The second-order valence-corrected chi connectivity index (χ2v) is 15.4. The van der Waals surface area contributed by atoms with Gasteiger partial charge in [0.1, 0.15) is 19.3 Å². The number of nitrogens with zero attached hydrogens (tertiary/aromatic N) is 2. The van der Waals surface area contributed by atoms with Gasteiger partial charge in [0.05, 0.1) is 34.2 Å². The van der Waals surface area contributed by atoms with E-state index in [9.17, 15) is 0 Å². The zero-order chi connectivity index (χ0) is 35.6. The highest BCUT2D eigenvalue weighted by atomic mass is 28.2. The summed E-state index contributed by atoms with van der Waals surface area (Å²) in [6, 6.07) is 49.4. The smallest absolute Gasteiger partial charge is 0.119 e. The maximum atomic E-state index is 6.21. The third-order valence-corrected chi connectivity index (χ3v) is 12.1. The zero-order valence-corrected chi connectivity index (χ0v) is 32.1. The van der Waals surface area contributed by atoms with Gasteiger partial charge in [-0.05, 0) is 65.2 Å². The van der Waals surface area contributed by atoms with Gasteiger partial charge in [-0.15, -0.1) is 0 Å². The summed E-state index contributed by atoms with van der Waals surface area (Å²) in [5.74, 6) is 2.33. The molecular formula is C45H53BN2O2Si. The van der Waals surface area contributed by atoms with Crippen molar-refractivity contribution in [2.24, 2.45) is 0 Å². The fourth-order valence-corrected chi connectivity index (χ4v) is 8.90. The standard InChI is InChI=1S/C32H40N2O2Si.C13H13B/c1-3-5-10-22-35-29-16-12-14-27(24-29)32(34-21-20-33-26-34,37-31-18-8-7-9-19-31)28-15-13-17-30(25-28)36-23-11-6-4-2;14-13(11-7-3-1-4-8-11)12-9-5-2-6-10-12/h7-9,12-21,24-26H,3-6,10-11,22-23,37H2,1-2H3;1-10,13H,14H2. The van der Waals surface area contributed by atoms with E-state index in [4.69, 9.17) is 9.47 Å². The van der Waals surface area contributed by atoms with E-state index in [2.05, 4.69) is 177 Å². The third-order valence-electron chi connectivity index (χ3n) is 9.50. The topological polar surface area (TPSA) is 36.3 Å². The molecule has 0 saturated heterocycles. The van der Waals surface area contributed by atoms with E-state index >= 15 is 0 Å². The quantitative estimate of drug-likeness (QED) is 0.0710. The Morgan fingerprint density at radius 2 is 1.12 bits per heavy atom. The maximum Gasteiger partial charge on any atom is 0.119 e. The van der Waals surface area contributed by atoms with Gasteiger partial charge in [-0.25, -0.2) is 4.98 Å². The molecule has 0 fully saturated rings. The Morgan fingerprint density at radius 3 is 1.57 bits per heavy atom. The molecule has 262 valence electrons. The van der Waals surface area contributed by atoms with E-state index in [1.807, 2.05) is 12.5 Å². The Morgan fingerprint density at radius 1 is 0.627 bits per heavy atom. The number of benzene rings is 5. The first-order chi connectivity index (χ1) is 25.1. The lowest BCUT2D eigenvalue weighted by Crippen LogP contribution is -2.46. The summed E-state index contributed by atoms with van der Waals surface area (Å²) < 4.78 is 14.7. The van der Waals surface area contributed by atoms with Crippen LogP contribution in [0.15, 0.2) is 158 Å². The van der Waals surface area contributed by atoms with Crippen LogP contribution in [0.3, 0.4) is 0 Å². The molecule has 0 atom stereocenters. The van der Waals surface area contributed by atoms with Crippen molar-refractivity contribution in [1.29, 1.82) is 0 Å². The first-order valence-corrected chi connectivity index (χ1v) is 20.1. The molecule has 0 spiro atoms. The number of hydrogen-bond acceptors (Lipinski definition) is 3. The summed E-state index contributed by atoms with van der Waals surface area (Å²) in [6.45, 7) is 5.92. The van der Waals surface area contributed by atoms with E-state index < -0.39 is 9.52 Å². The van der Waals surface area contributed by atoms with Gasteiger partial charge in [0.2, 0.25) is 0 Å². The molecule has 5 aromatic carbocycles. The number of imidazole rings is 1. The largest absolute Gasteiger partial charge is 0.494 e. The normalized spacial score (nSPS) is 11.4. The maximum absolute atomic E-state index is 6.21. The van der Waals surface area contributed by atoms with Crippen molar-refractivity contribution < 1.29 is 9.47 Å². The molecule has 6 rings (SSSR count). The van der Waals surface area contributed by atoms with Crippen molar-refractivity contribution in [3.63, 3.8) is 0 Å². The lowest BCUT2D eigenvalue weighted by Gasteiger charge is -2.37. The molecule has 51 heavy (non-hydrogen) atoms. The fourth-order valence-electron chi connectivity index (χ4n) is 6.58. The minimum atomic E-state index is -0.944. The van der Waals surface area contributed by atoms with Crippen LogP contribution < -0.4 is 14.7 Å². The van der Waals surface area contributed by atoms with Crippen LogP contribution in [-0.2, 0) is 5.16 Å². The molecule has 0 bridgehead atoms. The van der Waals surface area contributed by atoms with E-state index in [0.717, 1.165) is 37.6 Å². The first-order valence-electron chi connectivity index (χ1n) is 18.7. The summed E-state index contributed by atoms with van der Waals surface area (Å²) in [5, 5.41) is 1.00. The summed E-state index contributed by atoms with van der Waals surface area (Å²) in [6.07, 6.45) is 12.8. The molecular weight excluding hydrogens is 639 g/mol. The molecule has 4 nitrogen and oxygen atoms in total. The molecule has 0 unspecified atom stereocenters. The van der Waals surface area contributed by atoms with Crippen molar-refractivity contribution in [2.75, 3.05) is 13.2 Å². The van der Waals surface area contributed by atoms with Gasteiger partial charge in [0, 0.05) is 12.4 Å². The summed E-state index contributed by atoms with van der Waals surface area (Å²) in [4.78, 5) is 4.49. The Hall–Kier alpha value is -4.81.